The Hall–Kier alpha value is -4.23. The van der Waals surface area contributed by atoms with Gasteiger partial charge in [0.05, 0.1) is 0 Å². The van der Waals surface area contributed by atoms with Gasteiger partial charge in [0.1, 0.15) is 24.2 Å². The summed E-state index contributed by atoms with van der Waals surface area (Å²) >= 11 is 0. The van der Waals surface area contributed by atoms with Crippen LogP contribution >= 0.6 is 0 Å². The largest absolute Gasteiger partial charge is 0.480 e. The van der Waals surface area contributed by atoms with Crippen molar-refractivity contribution in [3.05, 3.63) is 65.5 Å². The normalized spacial score (nSPS) is 23.1. The van der Waals surface area contributed by atoms with Gasteiger partial charge in [-0.25, -0.2) is 18.6 Å². The zero-order valence-electron chi connectivity index (χ0n) is 22.6. The first-order valence-corrected chi connectivity index (χ1v) is 13.6. The van der Waals surface area contributed by atoms with Crippen LogP contribution in [0.5, 0.6) is 0 Å². The van der Waals surface area contributed by atoms with Gasteiger partial charge in [-0.15, -0.1) is 0 Å². The van der Waals surface area contributed by atoms with Crippen molar-refractivity contribution >= 4 is 29.1 Å². The number of hydrogen-bond donors (Lipinski definition) is 3. The van der Waals surface area contributed by atoms with E-state index in [-0.39, 0.29) is 42.0 Å². The molecule has 2 aromatic carbocycles. The highest BCUT2D eigenvalue weighted by Gasteiger charge is 2.59. The molecule has 2 unspecified atom stereocenters. The van der Waals surface area contributed by atoms with E-state index >= 15 is 0 Å². The van der Waals surface area contributed by atoms with Crippen LogP contribution < -0.4 is 10.6 Å². The Morgan fingerprint density at radius 1 is 1.12 bits per heavy atom. The number of carbonyl (C=O) groups excluding carboxylic acids is 2. The molecule has 43 heavy (non-hydrogen) atoms. The number of nitrogens with zero attached hydrogens (tertiary/aromatic N) is 1. The minimum atomic E-state index is -4.81. The number of nitrogens with one attached hydrogen (secondary N) is 2. The SMILES string of the molecule is O=C(NC(c1nc2cc(CC3(C(=O)O)C[C@@H](C(F)(F)F)NC3=O)ccc2o1)C1CCC(F)(F)CC1)OCc1ccccc1. The first-order valence-electron chi connectivity index (χ1n) is 13.6. The fourth-order valence-electron chi connectivity index (χ4n) is 5.65. The summed E-state index contributed by atoms with van der Waals surface area (Å²) in [5.41, 5.74) is -1.00. The van der Waals surface area contributed by atoms with Crippen LogP contribution in [0.1, 0.15) is 55.2 Å². The standard InChI is InChI=1S/C29H28F5N3O6/c30-28(31)10-8-18(9-11-28)22(37-26(41)42-15-16-4-2-1-3-5-16)23-35-19-12-17(6-7-20(19)43-23)13-27(25(39)40)14-21(29(32,33)34)36-24(27)38/h1-7,12,18,21-22H,8-11,13-15H2,(H,36,38)(H,37,41)(H,39,40)/t21-,22?,27?/m0/s1. The third-order valence-electron chi connectivity index (χ3n) is 8.06. The molecule has 2 fully saturated rings. The van der Waals surface area contributed by atoms with Crippen molar-refractivity contribution in [2.45, 2.75) is 69.3 Å². The maximum Gasteiger partial charge on any atom is 0.408 e. The average molecular weight is 610 g/mol. The summed E-state index contributed by atoms with van der Waals surface area (Å²) in [5, 5.41) is 14.2. The number of hydrogen-bond acceptors (Lipinski definition) is 6. The topological polar surface area (TPSA) is 131 Å². The minimum Gasteiger partial charge on any atom is -0.480 e. The summed E-state index contributed by atoms with van der Waals surface area (Å²) in [6.07, 6.45) is -7.79. The van der Waals surface area contributed by atoms with Gasteiger partial charge in [0.15, 0.2) is 11.0 Å². The third-order valence-corrected chi connectivity index (χ3v) is 8.06. The Kier molecular flexibility index (Phi) is 8.05. The third kappa shape index (κ3) is 6.57. The number of oxazole rings is 1. The number of carbonyl (C=O) groups is 3. The van der Waals surface area contributed by atoms with Crippen LogP contribution in [-0.2, 0) is 27.4 Å². The van der Waals surface area contributed by atoms with Crippen molar-refractivity contribution in [2.24, 2.45) is 11.3 Å². The number of rotatable bonds is 8. The highest BCUT2D eigenvalue weighted by Crippen LogP contribution is 2.43. The van der Waals surface area contributed by atoms with Crippen LogP contribution in [0.25, 0.3) is 11.1 Å². The number of carboxylic acid groups (broad SMARTS) is 1. The fraction of sp³-hybridized carbons (Fsp3) is 0.448. The van der Waals surface area contributed by atoms with E-state index < -0.39 is 79.2 Å². The Morgan fingerprint density at radius 3 is 2.44 bits per heavy atom. The van der Waals surface area contributed by atoms with Gasteiger partial charge in [0.2, 0.25) is 17.7 Å². The molecule has 0 radical (unpaired) electrons. The summed E-state index contributed by atoms with van der Waals surface area (Å²) in [7, 11) is 0. The highest BCUT2D eigenvalue weighted by molar-refractivity contribution is 6.04. The molecule has 2 aliphatic rings. The van der Waals surface area contributed by atoms with E-state index in [1.165, 1.54) is 18.2 Å². The molecule has 230 valence electrons. The zero-order chi connectivity index (χ0) is 31.0. The van der Waals surface area contributed by atoms with Crippen LogP contribution in [0.4, 0.5) is 26.7 Å². The van der Waals surface area contributed by atoms with Crippen LogP contribution in [0.3, 0.4) is 0 Å². The molecule has 3 atom stereocenters. The Labute approximate surface area is 241 Å². The fourth-order valence-corrected chi connectivity index (χ4v) is 5.65. The Balaban J connectivity index is 1.38. The lowest BCUT2D eigenvalue weighted by Gasteiger charge is -2.32. The van der Waals surface area contributed by atoms with Crippen molar-refractivity contribution in [1.29, 1.82) is 0 Å². The molecule has 5 rings (SSSR count). The predicted molar refractivity (Wildman–Crippen MR) is 140 cm³/mol. The van der Waals surface area contributed by atoms with Gasteiger partial charge in [-0.3, -0.25) is 9.59 Å². The van der Waals surface area contributed by atoms with Crippen LogP contribution in [0, 0.1) is 11.3 Å². The predicted octanol–water partition coefficient (Wildman–Crippen LogP) is 5.69. The van der Waals surface area contributed by atoms with Crippen molar-refractivity contribution in [3.63, 3.8) is 0 Å². The van der Waals surface area contributed by atoms with Gasteiger partial charge in [0, 0.05) is 19.3 Å². The van der Waals surface area contributed by atoms with E-state index in [0.717, 1.165) is 5.56 Å². The summed E-state index contributed by atoms with van der Waals surface area (Å²) in [4.78, 5) is 41.7. The zero-order valence-corrected chi connectivity index (χ0v) is 22.6. The number of alkyl carbamates (subject to hydrolysis) is 1. The molecule has 1 aliphatic heterocycles. The maximum atomic E-state index is 13.9. The number of aromatic nitrogens is 1. The van der Waals surface area contributed by atoms with E-state index in [4.69, 9.17) is 9.15 Å². The second-order valence-corrected chi connectivity index (χ2v) is 11.1. The van der Waals surface area contributed by atoms with Gasteiger partial charge in [-0.1, -0.05) is 36.4 Å². The van der Waals surface area contributed by atoms with Gasteiger partial charge >= 0.3 is 18.2 Å². The van der Waals surface area contributed by atoms with Crippen LogP contribution in [0.15, 0.2) is 52.9 Å². The van der Waals surface area contributed by atoms with Crippen LogP contribution in [0.2, 0.25) is 0 Å². The van der Waals surface area contributed by atoms with E-state index in [1.807, 2.05) is 0 Å². The molecule has 2 amide bonds. The van der Waals surface area contributed by atoms with Crippen molar-refractivity contribution in [2.75, 3.05) is 0 Å². The number of ether oxygens (including phenoxy) is 1. The van der Waals surface area contributed by atoms with Crippen LogP contribution in [-0.4, -0.2) is 46.2 Å². The minimum absolute atomic E-state index is 0.00252. The van der Waals surface area contributed by atoms with Gasteiger partial charge < -0.3 is 24.9 Å². The number of aliphatic carboxylic acids is 1. The number of benzene rings is 2. The molecule has 1 aromatic heterocycles. The first kappa shape index (κ1) is 30.2. The molecule has 1 aliphatic carbocycles. The summed E-state index contributed by atoms with van der Waals surface area (Å²) in [5.74, 6) is -6.22. The Bertz CT molecular complexity index is 1500. The number of amides is 2. The lowest BCUT2D eigenvalue weighted by Crippen LogP contribution is -2.41. The van der Waals surface area contributed by atoms with E-state index in [0.29, 0.717) is 0 Å². The molecule has 3 aromatic rings. The second-order valence-electron chi connectivity index (χ2n) is 11.1. The van der Waals surface area contributed by atoms with E-state index in [2.05, 4.69) is 10.3 Å². The molecular formula is C29H28F5N3O6. The van der Waals surface area contributed by atoms with Gasteiger partial charge in [-0.2, -0.15) is 13.2 Å². The number of fused-ring (bicyclic) bond motifs is 1. The van der Waals surface area contributed by atoms with E-state index in [1.54, 1.807) is 35.6 Å². The van der Waals surface area contributed by atoms with Crippen molar-refractivity contribution < 1.29 is 50.6 Å². The smallest absolute Gasteiger partial charge is 0.408 e. The molecule has 2 heterocycles. The molecule has 1 saturated heterocycles. The monoisotopic (exact) mass is 609 g/mol. The Morgan fingerprint density at radius 2 is 1.81 bits per heavy atom. The van der Waals surface area contributed by atoms with Crippen molar-refractivity contribution in [3.8, 4) is 0 Å². The number of halogens is 5. The molecule has 0 bridgehead atoms. The van der Waals surface area contributed by atoms with Crippen molar-refractivity contribution in [1.82, 2.24) is 15.6 Å². The molecule has 1 saturated carbocycles. The summed E-state index contributed by atoms with van der Waals surface area (Å²) in [6.45, 7) is -0.0346. The molecule has 14 heteroatoms. The van der Waals surface area contributed by atoms with Gasteiger partial charge in [-0.05, 0) is 48.4 Å². The number of alkyl halides is 5. The number of carboxylic acids is 1. The van der Waals surface area contributed by atoms with Gasteiger partial charge in [0.25, 0.3) is 0 Å². The van der Waals surface area contributed by atoms with E-state index in [9.17, 15) is 41.4 Å². The summed E-state index contributed by atoms with van der Waals surface area (Å²) in [6, 6.07) is 9.88. The first-order chi connectivity index (χ1) is 20.3. The molecule has 9 nitrogen and oxygen atoms in total. The average Bonchev–Trinajstić information content (AvgIpc) is 3.52. The molecular weight excluding hydrogens is 581 g/mol. The lowest BCUT2D eigenvalue weighted by molar-refractivity contribution is -0.157. The second kappa shape index (κ2) is 11.5. The highest BCUT2D eigenvalue weighted by atomic mass is 19.4. The summed E-state index contributed by atoms with van der Waals surface area (Å²) < 4.78 is 78.8. The lowest BCUT2D eigenvalue weighted by atomic mass is 9.79. The molecule has 3 N–H and O–H groups in total. The quantitative estimate of drug-likeness (QED) is 0.221. The molecule has 0 spiro atoms. The maximum absolute atomic E-state index is 13.9.